The van der Waals surface area contributed by atoms with Gasteiger partial charge in [0.25, 0.3) is 70.8 Å². The van der Waals surface area contributed by atoms with E-state index in [0.29, 0.717) is 16.5 Å². The molecule has 498 valence electrons. The van der Waals surface area contributed by atoms with Crippen molar-refractivity contribution in [2.45, 2.75) is 41.2 Å². The molecule has 0 saturated heterocycles. The third kappa shape index (κ3) is 24.1. The number of fused-ring (bicyclic) bond motifs is 4. The van der Waals surface area contributed by atoms with Crippen LogP contribution in [0, 0.1) is 0 Å². The van der Waals surface area contributed by atoms with E-state index in [1.165, 1.54) is 60.7 Å². The zero-order valence-corrected chi connectivity index (χ0v) is 72.9. The van der Waals surface area contributed by atoms with E-state index in [0.717, 1.165) is 73.7 Å². The van der Waals surface area contributed by atoms with Crippen LogP contribution in [0.1, 0.15) is 16.9 Å². The summed E-state index contributed by atoms with van der Waals surface area (Å²) in [5.74, 6) is -2.63. The van der Waals surface area contributed by atoms with Gasteiger partial charge < -0.3 is 30.6 Å². The van der Waals surface area contributed by atoms with Crippen LogP contribution in [0.3, 0.4) is 0 Å². The van der Waals surface area contributed by atoms with Gasteiger partial charge in [0, 0.05) is 33.9 Å². The second-order valence-electron chi connectivity index (χ2n) is 19.0. The van der Waals surface area contributed by atoms with Gasteiger partial charge in [0.1, 0.15) is 37.5 Å². The van der Waals surface area contributed by atoms with E-state index in [2.05, 4.69) is 36.0 Å². The predicted molar refractivity (Wildman–Crippen MR) is 337 cm³/mol. The zero-order chi connectivity index (χ0) is 68.6. The maximum Gasteiger partial charge on any atom is 1.00 e. The molecule has 32 nitrogen and oxygen atoms in total. The average molecular weight is 1580 g/mol. The summed E-state index contributed by atoms with van der Waals surface area (Å²) in [5, 5.41) is 57.5. The summed E-state index contributed by atoms with van der Waals surface area (Å²) < 4.78 is 227. The Balaban J connectivity index is -0.000000265. The first-order valence-electron chi connectivity index (χ1n) is 25.0. The van der Waals surface area contributed by atoms with Gasteiger partial charge in [-0.2, -0.15) is 69.2 Å². The molecule has 0 atom stereocenters. The molecule has 0 aliphatic rings. The fourth-order valence-electron chi connectivity index (χ4n) is 8.59. The molecule has 0 saturated carbocycles. The van der Waals surface area contributed by atoms with Crippen molar-refractivity contribution < 1.29 is 328 Å². The van der Waals surface area contributed by atoms with Crippen molar-refractivity contribution in [3.63, 3.8) is 0 Å². The number of rotatable bonds is 14. The molecule has 0 unspecified atom stereocenters. The van der Waals surface area contributed by atoms with E-state index < -0.39 is 119 Å². The van der Waals surface area contributed by atoms with E-state index in [-0.39, 0.29) is 292 Å². The third-order valence-corrected chi connectivity index (χ3v) is 18.7. The Morgan fingerprint density at radius 2 is 0.770 bits per heavy atom. The van der Waals surface area contributed by atoms with Crippen LogP contribution in [0.4, 0.5) is 39.8 Å². The van der Waals surface area contributed by atoms with Gasteiger partial charge in [0.15, 0.2) is 11.5 Å². The SMILES string of the molecule is CC(=O)Nc1cc(S(=O)(=O)O)cc2cc(S(=O)(=O)O)c(N=Nc3ccccc3)c(O)c12.O=S(=O)(O)c1ccc(N=Nc2c(O)ccc3cc(S(=O)(=O)O)ccc23)cc1.O=S(=O)(O)c1ccc2c(N=Nc3ccc(S(=O)(=O)O)c4ccccc34)c(O)c(S(=O)(=O)O)cc2c1.[H-].[H-].[H-].[H-].[H-].[H-].[H-].[Na+].[Na+].[Na+].[Na+].[Na+].[Na+].[Na+]. The molecule has 0 heterocycles. The summed E-state index contributed by atoms with van der Waals surface area (Å²) in [6, 6.07) is 34.2. The molecule has 1 amide bonds. The Labute approximate surface area is 734 Å². The minimum atomic E-state index is -4.99. The fourth-order valence-corrected chi connectivity index (χ4v) is 12.6. The van der Waals surface area contributed by atoms with Crippen molar-refractivity contribution in [1.82, 2.24) is 0 Å². The summed E-state index contributed by atoms with van der Waals surface area (Å²) in [7, 11) is -32.6. The van der Waals surface area contributed by atoms with Gasteiger partial charge in [-0.1, -0.05) is 60.7 Å². The van der Waals surface area contributed by atoms with Crippen LogP contribution in [-0.4, -0.2) is 112 Å². The van der Waals surface area contributed by atoms with Crippen LogP contribution in [0.15, 0.2) is 229 Å². The van der Waals surface area contributed by atoms with E-state index in [1.807, 2.05) is 0 Å². The topological polar surface area (TPSA) is 545 Å². The van der Waals surface area contributed by atoms with E-state index in [9.17, 15) is 102 Å². The number of benzene rings is 10. The van der Waals surface area contributed by atoms with Crippen molar-refractivity contribution in [2.24, 2.45) is 30.7 Å². The van der Waals surface area contributed by atoms with Crippen molar-refractivity contribution in [3.05, 3.63) is 164 Å². The van der Waals surface area contributed by atoms with Crippen LogP contribution in [0.5, 0.6) is 17.2 Å². The monoisotopic (exact) mass is 1580 g/mol. The Kier molecular flexibility index (Phi) is 36.4. The van der Waals surface area contributed by atoms with Crippen molar-refractivity contribution in [2.75, 3.05) is 5.32 Å². The molecule has 0 aliphatic carbocycles. The van der Waals surface area contributed by atoms with Gasteiger partial charge in [-0.3, -0.25) is 36.7 Å². The maximum absolute atomic E-state index is 11.9. The minimum absolute atomic E-state index is 0. The van der Waals surface area contributed by atoms with E-state index in [1.54, 1.807) is 36.4 Å². The molecular formula is C54H48N7Na7O25S7. The number of aromatic hydroxyl groups is 3. The fraction of sp³-hybridized carbons (Fsp3) is 0.0185. The number of phenolic OH excluding ortho intramolecular Hbond substituents is 3. The summed E-state index contributed by atoms with van der Waals surface area (Å²) in [6.45, 7) is 1.12. The maximum atomic E-state index is 11.9. The largest absolute Gasteiger partial charge is 1.00 e. The first-order chi connectivity index (χ1) is 43.1. The second kappa shape index (κ2) is 38.2. The molecular weight excluding hydrogens is 1530 g/mol. The molecule has 10 rings (SSSR count). The Morgan fingerprint density at radius 3 is 1.27 bits per heavy atom. The number of carbonyl (C=O) groups is 1. The molecule has 0 radical (unpaired) electrons. The molecule has 11 N–H and O–H groups in total. The molecule has 0 fully saturated rings. The molecule has 0 aliphatic heterocycles. The minimum Gasteiger partial charge on any atom is -1.00 e. The number of carbonyl (C=O) groups excluding carboxylic acids is 1. The van der Waals surface area contributed by atoms with Crippen LogP contribution in [0.2, 0.25) is 0 Å². The van der Waals surface area contributed by atoms with Gasteiger partial charge in [0.2, 0.25) is 5.91 Å². The van der Waals surface area contributed by atoms with Crippen LogP contribution in [-0.2, 0) is 75.6 Å². The first-order valence-corrected chi connectivity index (χ1v) is 35.1. The van der Waals surface area contributed by atoms with E-state index in [4.69, 9.17) is 9.11 Å². The van der Waals surface area contributed by atoms with Crippen LogP contribution >= 0.6 is 0 Å². The number of anilines is 1. The molecule has 0 spiro atoms. The normalized spacial score (nSPS) is 11.8. The van der Waals surface area contributed by atoms with Crippen molar-refractivity contribution >= 4 is 160 Å². The van der Waals surface area contributed by atoms with Gasteiger partial charge in [-0.25, -0.2) is 0 Å². The standard InChI is InChI=1S/C20H14N2O10S3.C18H15N3O8S2.C16H12N2O7S2.7Na.7H/c23-20-18(35(30,31)32)10-11-9-12(33(24,25)26)5-6-13(11)19(20)22-21-16-7-8-17(34(27,28)29)15-4-2-1-3-14(15)16;1-10(22)19-14-9-13(30(24,25)26)7-11-8-15(31(27,28)29)17(18(23)16(11)14)21-20-12-5-3-2-4-6-12;19-15-8-1-10-9-13(27(23,24)25)6-7-14(10)16(15)18-17-11-2-4-12(5-3-11)26(20,21)22;;;;;;;;;;;;;;/h1-10,23H,(H,24,25,26)(H,27,28,29)(H,30,31,32);2-9,23H,1H3,(H,19,22)(H,24,25,26)(H,27,28,29);1-9,19H,(H,20,21,22)(H,23,24,25);;;;;;;;;;;;;;/q;;;7*+1;7*-1. The average Bonchev–Trinajstić information content (AvgIpc) is 0.747. The van der Waals surface area contributed by atoms with Crippen molar-refractivity contribution in [3.8, 4) is 17.2 Å². The third-order valence-electron chi connectivity index (χ3n) is 12.7. The van der Waals surface area contributed by atoms with Gasteiger partial charge in [-0.05, 0) is 119 Å². The van der Waals surface area contributed by atoms with Gasteiger partial charge in [-0.15, -0.1) is 20.5 Å². The van der Waals surface area contributed by atoms with Crippen LogP contribution < -0.4 is 212 Å². The molecule has 0 bridgehead atoms. The molecule has 10 aromatic rings. The zero-order valence-electron chi connectivity index (χ0n) is 60.2. The number of amides is 1. The smallest absolute Gasteiger partial charge is 1.00 e. The van der Waals surface area contributed by atoms with Gasteiger partial charge >= 0.3 is 207 Å². The Morgan fingerprint density at radius 1 is 0.340 bits per heavy atom. The Bertz CT molecular complexity index is 5760. The summed E-state index contributed by atoms with van der Waals surface area (Å²) in [6.07, 6.45) is 0. The number of phenols is 3. The number of hydrogen-bond acceptors (Lipinski definition) is 24. The Hall–Kier alpha value is -2.72. The number of hydrogen-bond donors (Lipinski definition) is 11. The summed E-state index contributed by atoms with van der Waals surface area (Å²) >= 11 is 0. The molecule has 0 aromatic heterocycles. The second-order valence-corrected chi connectivity index (χ2v) is 28.8. The number of nitrogens with zero attached hydrogens (tertiary/aromatic N) is 6. The quantitative estimate of drug-likeness (QED) is 0.0274. The summed E-state index contributed by atoms with van der Waals surface area (Å²) in [4.78, 5) is 7.48. The van der Waals surface area contributed by atoms with Gasteiger partial charge in [0.05, 0.1) is 42.3 Å². The van der Waals surface area contributed by atoms with E-state index >= 15 is 0 Å². The summed E-state index contributed by atoms with van der Waals surface area (Å²) in [5.41, 5.74) is -0.626. The number of azo groups is 3. The molecule has 46 heteroatoms. The molecule has 100 heavy (non-hydrogen) atoms. The first kappa shape index (κ1) is 95.3. The molecule has 10 aromatic carbocycles. The van der Waals surface area contributed by atoms with Crippen molar-refractivity contribution in [1.29, 1.82) is 0 Å². The van der Waals surface area contributed by atoms with Crippen LogP contribution in [0.25, 0.3) is 43.1 Å². The predicted octanol–water partition coefficient (Wildman–Crippen LogP) is -9.46. The number of nitrogens with one attached hydrogen (secondary N) is 1.